The summed E-state index contributed by atoms with van der Waals surface area (Å²) in [5.74, 6) is 1.07. The molecule has 0 radical (unpaired) electrons. The van der Waals surface area contributed by atoms with Crippen molar-refractivity contribution >= 4 is 5.91 Å². The van der Waals surface area contributed by atoms with Crippen LogP contribution < -0.4 is 0 Å². The maximum absolute atomic E-state index is 12.8. The second-order valence-electron chi connectivity index (χ2n) is 7.22. The number of hydrogen-bond acceptors (Lipinski definition) is 5. The molecule has 7 heteroatoms. The topological polar surface area (TPSA) is 67.2 Å². The minimum Gasteiger partial charge on any atom is -0.336 e. The normalized spacial score (nSPS) is 18.6. The Balaban J connectivity index is 1.36. The highest BCUT2D eigenvalue weighted by molar-refractivity contribution is 5.94. The lowest BCUT2D eigenvalue weighted by atomic mass is 10.1. The van der Waals surface area contributed by atoms with Crippen LogP contribution in [0.3, 0.4) is 0 Å². The van der Waals surface area contributed by atoms with E-state index in [1.807, 2.05) is 35.6 Å². The number of piperazine rings is 1. The van der Waals surface area contributed by atoms with Crippen LogP contribution in [0.1, 0.15) is 46.2 Å². The SMILES string of the molecule is Cc1cc(C)cc(C(=O)N2CCN(Cc3nnnn3C3CC3)CC2)c1. The van der Waals surface area contributed by atoms with Crippen molar-refractivity contribution in [2.45, 2.75) is 39.3 Å². The third kappa shape index (κ3) is 3.56. The van der Waals surface area contributed by atoms with Crippen molar-refractivity contribution in [3.63, 3.8) is 0 Å². The molecule has 0 N–H and O–H groups in total. The Bertz CT molecular complexity index is 753. The van der Waals surface area contributed by atoms with Gasteiger partial charge >= 0.3 is 0 Å². The fraction of sp³-hybridized carbons (Fsp3) is 0.556. The summed E-state index contributed by atoms with van der Waals surface area (Å²) in [6.45, 7) is 8.03. The largest absolute Gasteiger partial charge is 0.336 e. The fourth-order valence-corrected chi connectivity index (χ4v) is 3.51. The first kappa shape index (κ1) is 16.2. The van der Waals surface area contributed by atoms with E-state index in [1.165, 1.54) is 12.8 Å². The van der Waals surface area contributed by atoms with Gasteiger partial charge in [0.25, 0.3) is 5.91 Å². The minimum absolute atomic E-state index is 0.134. The van der Waals surface area contributed by atoms with E-state index in [2.05, 4.69) is 26.5 Å². The molecule has 1 amide bonds. The number of tetrazole rings is 1. The van der Waals surface area contributed by atoms with E-state index in [9.17, 15) is 4.79 Å². The molecule has 1 saturated carbocycles. The zero-order chi connectivity index (χ0) is 17.4. The molecule has 0 atom stereocenters. The van der Waals surface area contributed by atoms with Crippen molar-refractivity contribution in [1.82, 2.24) is 30.0 Å². The molecule has 0 spiro atoms. The molecule has 25 heavy (non-hydrogen) atoms. The minimum atomic E-state index is 0.134. The molecule has 1 aliphatic carbocycles. The fourth-order valence-electron chi connectivity index (χ4n) is 3.51. The predicted octanol–water partition coefficient (Wildman–Crippen LogP) is 1.58. The van der Waals surface area contributed by atoms with Crippen LogP contribution in [0.2, 0.25) is 0 Å². The Morgan fingerprint density at radius 3 is 2.40 bits per heavy atom. The molecular weight excluding hydrogens is 316 g/mol. The molecule has 1 aromatic heterocycles. The van der Waals surface area contributed by atoms with Crippen LogP contribution in [0, 0.1) is 13.8 Å². The monoisotopic (exact) mass is 340 g/mol. The van der Waals surface area contributed by atoms with Gasteiger partial charge in [0.1, 0.15) is 0 Å². The number of amides is 1. The summed E-state index contributed by atoms with van der Waals surface area (Å²) in [5.41, 5.74) is 3.06. The molecule has 0 unspecified atom stereocenters. The number of aryl methyl sites for hydroxylation is 2. The van der Waals surface area contributed by atoms with E-state index >= 15 is 0 Å². The Labute approximate surface area is 147 Å². The first-order valence-corrected chi connectivity index (χ1v) is 8.97. The van der Waals surface area contributed by atoms with Crippen LogP contribution in [0.15, 0.2) is 18.2 Å². The molecule has 0 bridgehead atoms. The van der Waals surface area contributed by atoms with Crippen molar-refractivity contribution in [3.8, 4) is 0 Å². The number of carbonyl (C=O) groups excluding carboxylic acids is 1. The van der Waals surface area contributed by atoms with Crippen LogP contribution in [-0.4, -0.2) is 62.1 Å². The van der Waals surface area contributed by atoms with Gasteiger partial charge in [-0.15, -0.1) is 5.10 Å². The van der Waals surface area contributed by atoms with Gasteiger partial charge in [-0.25, -0.2) is 4.68 Å². The number of hydrogen-bond donors (Lipinski definition) is 0. The smallest absolute Gasteiger partial charge is 0.253 e. The Kier molecular flexibility index (Phi) is 4.25. The van der Waals surface area contributed by atoms with E-state index in [-0.39, 0.29) is 5.91 Å². The standard InChI is InChI=1S/C18H24N6O/c1-13-9-14(2)11-15(10-13)18(25)23-7-5-22(6-8-23)12-17-19-20-21-24(17)16-3-4-16/h9-11,16H,3-8,12H2,1-2H3. The third-order valence-electron chi connectivity index (χ3n) is 4.95. The molecule has 1 aliphatic heterocycles. The highest BCUT2D eigenvalue weighted by Gasteiger charge is 2.29. The van der Waals surface area contributed by atoms with E-state index < -0.39 is 0 Å². The first-order valence-electron chi connectivity index (χ1n) is 8.97. The van der Waals surface area contributed by atoms with Gasteiger partial charge in [-0.3, -0.25) is 9.69 Å². The van der Waals surface area contributed by atoms with Crippen LogP contribution in [0.4, 0.5) is 0 Å². The highest BCUT2D eigenvalue weighted by Crippen LogP contribution is 2.34. The summed E-state index contributed by atoms with van der Waals surface area (Å²) in [6, 6.07) is 6.55. The third-order valence-corrected chi connectivity index (χ3v) is 4.95. The first-order chi connectivity index (χ1) is 12.1. The number of rotatable bonds is 4. The van der Waals surface area contributed by atoms with Crippen molar-refractivity contribution in [2.24, 2.45) is 0 Å². The van der Waals surface area contributed by atoms with E-state index in [0.29, 0.717) is 6.04 Å². The molecule has 2 heterocycles. The summed E-state index contributed by atoms with van der Waals surface area (Å²) in [7, 11) is 0. The second kappa shape index (κ2) is 6.55. The molecular formula is C18H24N6O. The molecule has 132 valence electrons. The summed E-state index contributed by atoms with van der Waals surface area (Å²) < 4.78 is 1.97. The Morgan fingerprint density at radius 2 is 1.76 bits per heavy atom. The maximum atomic E-state index is 12.8. The number of benzene rings is 1. The van der Waals surface area contributed by atoms with Crippen LogP contribution >= 0.6 is 0 Å². The van der Waals surface area contributed by atoms with Crippen LogP contribution in [0.5, 0.6) is 0 Å². The van der Waals surface area contributed by atoms with E-state index in [4.69, 9.17) is 0 Å². The molecule has 2 fully saturated rings. The van der Waals surface area contributed by atoms with Gasteiger partial charge in [-0.1, -0.05) is 17.2 Å². The van der Waals surface area contributed by atoms with Gasteiger partial charge in [-0.2, -0.15) is 0 Å². The van der Waals surface area contributed by atoms with E-state index in [0.717, 1.165) is 55.2 Å². The number of aromatic nitrogens is 4. The van der Waals surface area contributed by atoms with Gasteiger partial charge < -0.3 is 4.90 Å². The van der Waals surface area contributed by atoms with Gasteiger partial charge in [0.2, 0.25) is 0 Å². The lowest BCUT2D eigenvalue weighted by Crippen LogP contribution is -2.48. The van der Waals surface area contributed by atoms with Gasteiger partial charge in [0.05, 0.1) is 12.6 Å². The molecule has 7 nitrogen and oxygen atoms in total. The number of carbonyl (C=O) groups is 1. The van der Waals surface area contributed by atoms with Crippen molar-refractivity contribution in [1.29, 1.82) is 0 Å². The van der Waals surface area contributed by atoms with Crippen molar-refractivity contribution in [2.75, 3.05) is 26.2 Å². The van der Waals surface area contributed by atoms with Gasteiger partial charge in [0.15, 0.2) is 5.82 Å². The molecule has 1 aromatic carbocycles. The predicted molar refractivity (Wildman–Crippen MR) is 93.2 cm³/mol. The summed E-state index contributed by atoms with van der Waals surface area (Å²) in [6.07, 6.45) is 2.35. The zero-order valence-electron chi connectivity index (χ0n) is 14.9. The average Bonchev–Trinajstić information content (AvgIpc) is 3.34. The van der Waals surface area contributed by atoms with Gasteiger partial charge in [-0.05, 0) is 49.2 Å². The average molecular weight is 340 g/mol. The Morgan fingerprint density at radius 1 is 1.08 bits per heavy atom. The van der Waals surface area contributed by atoms with Crippen molar-refractivity contribution in [3.05, 3.63) is 40.7 Å². The van der Waals surface area contributed by atoms with Crippen molar-refractivity contribution < 1.29 is 4.79 Å². The molecule has 4 rings (SSSR count). The maximum Gasteiger partial charge on any atom is 0.253 e. The van der Waals surface area contributed by atoms with Gasteiger partial charge in [0, 0.05) is 31.7 Å². The van der Waals surface area contributed by atoms with E-state index in [1.54, 1.807) is 0 Å². The lowest BCUT2D eigenvalue weighted by molar-refractivity contribution is 0.0623. The van der Waals surface area contributed by atoms with Crippen LogP contribution in [-0.2, 0) is 6.54 Å². The Hall–Kier alpha value is -2.28. The number of nitrogens with zero attached hydrogens (tertiary/aromatic N) is 6. The highest BCUT2D eigenvalue weighted by atomic mass is 16.2. The second-order valence-corrected chi connectivity index (χ2v) is 7.22. The zero-order valence-corrected chi connectivity index (χ0v) is 14.9. The van der Waals surface area contributed by atoms with Crippen LogP contribution in [0.25, 0.3) is 0 Å². The summed E-state index contributed by atoms with van der Waals surface area (Å²) in [5, 5.41) is 12.1. The summed E-state index contributed by atoms with van der Waals surface area (Å²) in [4.78, 5) is 17.0. The molecule has 1 saturated heterocycles. The molecule has 2 aromatic rings. The lowest BCUT2D eigenvalue weighted by Gasteiger charge is -2.34. The molecule has 2 aliphatic rings. The summed E-state index contributed by atoms with van der Waals surface area (Å²) >= 11 is 0. The quantitative estimate of drug-likeness (QED) is 0.845.